The van der Waals surface area contributed by atoms with Crippen LogP contribution in [0, 0.1) is 0 Å². The van der Waals surface area contributed by atoms with E-state index in [1.54, 1.807) is 17.4 Å². The van der Waals surface area contributed by atoms with Crippen LogP contribution >= 0.6 is 46.9 Å². The fourth-order valence-corrected chi connectivity index (χ4v) is 2.79. The van der Waals surface area contributed by atoms with Gasteiger partial charge in [-0.1, -0.05) is 23.2 Å². The van der Waals surface area contributed by atoms with Crippen molar-refractivity contribution in [3.05, 3.63) is 50.1 Å². The molecule has 0 bridgehead atoms. The fraction of sp³-hybridized carbons (Fsp3) is 0.0909. The molecule has 0 saturated heterocycles. The SMILES string of the molecule is Cl.N[C@H](c1ccsc1)c1c(O)cc(Cl)cc1Cl. The normalized spacial score (nSPS) is 11.9. The highest BCUT2D eigenvalue weighted by molar-refractivity contribution is 7.08. The van der Waals surface area contributed by atoms with Crippen LogP contribution in [-0.2, 0) is 0 Å². The minimum absolute atomic E-state index is 0. The Bertz CT molecular complexity index is 478. The van der Waals surface area contributed by atoms with Gasteiger partial charge in [-0.05, 0) is 34.5 Å². The van der Waals surface area contributed by atoms with E-state index in [1.165, 1.54) is 6.07 Å². The van der Waals surface area contributed by atoms with E-state index in [0.29, 0.717) is 15.6 Å². The third-order valence-electron chi connectivity index (χ3n) is 2.29. The van der Waals surface area contributed by atoms with E-state index in [9.17, 15) is 5.11 Å². The highest BCUT2D eigenvalue weighted by atomic mass is 35.5. The molecule has 2 rings (SSSR count). The molecular formula is C11H10Cl3NOS. The van der Waals surface area contributed by atoms with Crippen LogP contribution in [0.15, 0.2) is 29.0 Å². The zero-order valence-corrected chi connectivity index (χ0v) is 11.7. The van der Waals surface area contributed by atoms with Gasteiger partial charge in [-0.15, -0.1) is 12.4 Å². The summed E-state index contributed by atoms with van der Waals surface area (Å²) in [4.78, 5) is 0. The summed E-state index contributed by atoms with van der Waals surface area (Å²) in [6.07, 6.45) is 0. The zero-order chi connectivity index (χ0) is 11.7. The Kier molecular flexibility index (Phi) is 5.10. The first-order valence-corrected chi connectivity index (χ1v) is 6.25. The number of rotatable bonds is 2. The van der Waals surface area contributed by atoms with E-state index >= 15 is 0 Å². The molecule has 1 heterocycles. The Labute approximate surface area is 119 Å². The third-order valence-corrected chi connectivity index (χ3v) is 3.52. The van der Waals surface area contributed by atoms with Crippen molar-refractivity contribution in [2.75, 3.05) is 0 Å². The van der Waals surface area contributed by atoms with Gasteiger partial charge in [0.05, 0.1) is 11.1 Å². The minimum Gasteiger partial charge on any atom is -0.507 e. The van der Waals surface area contributed by atoms with Crippen molar-refractivity contribution in [3.8, 4) is 5.75 Å². The zero-order valence-electron chi connectivity index (χ0n) is 8.56. The summed E-state index contributed by atoms with van der Waals surface area (Å²) < 4.78 is 0. The second-order valence-corrected chi connectivity index (χ2v) is 4.98. The van der Waals surface area contributed by atoms with Gasteiger partial charge in [-0.25, -0.2) is 0 Å². The van der Waals surface area contributed by atoms with E-state index in [1.807, 2.05) is 16.8 Å². The molecule has 0 aliphatic carbocycles. The quantitative estimate of drug-likeness (QED) is 0.872. The van der Waals surface area contributed by atoms with Gasteiger partial charge in [0.15, 0.2) is 0 Å². The predicted octanol–water partition coefficient (Wildman–Crippen LogP) is 4.23. The van der Waals surface area contributed by atoms with Crippen molar-refractivity contribution in [2.45, 2.75) is 6.04 Å². The molecule has 0 aliphatic heterocycles. The van der Waals surface area contributed by atoms with Crippen LogP contribution in [-0.4, -0.2) is 5.11 Å². The van der Waals surface area contributed by atoms with Gasteiger partial charge in [0.25, 0.3) is 0 Å². The lowest BCUT2D eigenvalue weighted by Gasteiger charge is -2.14. The first kappa shape index (κ1) is 14.6. The van der Waals surface area contributed by atoms with E-state index in [2.05, 4.69) is 0 Å². The van der Waals surface area contributed by atoms with Crippen molar-refractivity contribution in [1.82, 2.24) is 0 Å². The molecule has 2 aromatic rings. The first-order chi connectivity index (χ1) is 7.59. The van der Waals surface area contributed by atoms with Gasteiger partial charge in [0, 0.05) is 10.6 Å². The molecule has 6 heteroatoms. The summed E-state index contributed by atoms with van der Waals surface area (Å²) in [5.41, 5.74) is 7.46. The fourth-order valence-electron chi connectivity index (χ4n) is 1.50. The van der Waals surface area contributed by atoms with Crippen LogP contribution < -0.4 is 5.73 Å². The van der Waals surface area contributed by atoms with Crippen molar-refractivity contribution in [3.63, 3.8) is 0 Å². The lowest BCUT2D eigenvalue weighted by molar-refractivity contribution is 0.465. The molecule has 1 aromatic carbocycles. The van der Waals surface area contributed by atoms with Crippen molar-refractivity contribution < 1.29 is 5.11 Å². The topological polar surface area (TPSA) is 46.2 Å². The number of phenols is 1. The molecule has 0 fully saturated rings. The number of phenolic OH excluding ortho intramolecular Hbond substituents is 1. The van der Waals surface area contributed by atoms with Crippen LogP contribution in [0.5, 0.6) is 5.75 Å². The molecule has 0 spiro atoms. The highest BCUT2D eigenvalue weighted by Gasteiger charge is 2.17. The second kappa shape index (κ2) is 5.94. The van der Waals surface area contributed by atoms with E-state index in [-0.39, 0.29) is 18.2 Å². The summed E-state index contributed by atoms with van der Waals surface area (Å²) in [5.74, 6) is 0.0243. The molecule has 0 unspecified atom stereocenters. The Hall–Kier alpha value is -0.450. The third kappa shape index (κ3) is 3.06. The van der Waals surface area contributed by atoms with Crippen LogP contribution in [0.2, 0.25) is 10.0 Å². The van der Waals surface area contributed by atoms with E-state index in [0.717, 1.165) is 5.56 Å². The smallest absolute Gasteiger partial charge is 0.123 e. The predicted molar refractivity (Wildman–Crippen MR) is 75.7 cm³/mol. The number of hydrogen-bond acceptors (Lipinski definition) is 3. The minimum atomic E-state index is -0.434. The van der Waals surface area contributed by atoms with Crippen LogP contribution in [0.25, 0.3) is 0 Å². The maximum absolute atomic E-state index is 9.80. The molecule has 0 aliphatic rings. The monoisotopic (exact) mass is 309 g/mol. The maximum atomic E-state index is 9.80. The Morgan fingerprint density at radius 1 is 1.29 bits per heavy atom. The number of benzene rings is 1. The molecule has 0 radical (unpaired) electrons. The van der Waals surface area contributed by atoms with Crippen LogP contribution in [0.3, 0.4) is 0 Å². The standard InChI is InChI=1S/C11H9Cl2NOS.ClH/c12-7-3-8(13)10(9(15)4-7)11(14)6-1-2-16-5-6;/h1-5,11,15H,14H2;1H/t11-;/m1./s1. The summed E-state index contributed by atoms with van der Waals surface area (Å²) in [6, 6.07) is 4.48. The average molecular weight is 311 g/mol. The van der Waals surface area contributed by atoms with Crippen LogP contribution in [0.1, 0.15) is 17.2 Å². The van der Waals surface area contributed by atoms with E-state index < -0.39 is 6.04 Å². The van der Waals surface area contributed by atoms with Crippen molar-refractivity contribution in [2.24, 2.45) is 5.73 Å². The Morgan fingerprint density at radius 2 is 2.00 bits per heavy atom. The van der Waals surface area contributed by atoms with Crippen molar-refractivity contribution in [1.29, 1.82) is 0 Å². The summed E-state index contributed by atoms with van der Waals surface area (Å²) in [5, 5.41) is 14.4. The summed E-state index contributed by atoms with van der Waals surface area (Å²) in [7, 11) is 0. The summed E-state index contributed by atoms with van der Waals surface area (Å²) >= 11 is 13.3. The molecule has 92 valence electrons. The molecule has 2 nitrogen and oxygen atoms in total. The van der Waals surface area contributed by atoms with Gasteiger partial charge >= 0.3 is 0 Å². The molecule has 0 saturated carbocycles. The molecular weight excluding hydrogens is 301 g/mol. The lowest BCUT2D eigenvalue weighted by Crippen LogP contribution is -2.11. The van der Waals surface area contributed by atoms with Gasteiger partial charge in [-0.2, -0.15) is 11.3 Å². The summed E-state index contributed by atoms with van der Waals surface area (Å²) in [6.45, 7) is 0. The van der Waals surface area contributed by atoms with Gasteiger partial charge < -0.3 is 10.8 Å². The van der Waals surface area contributed by atoms with Gasteiger partial charge in [0.2, 0.25) is 0 Å². The average Bonchev–Trinajstić information content (AvgIpc) is 2.67. The molecule has 1 atom stereocenters. The molecule has 0 amide bonds. The second-order valence-electron chi connectivity index (χ2n) is 3.35. The number of hydrogen-bond donors (Lipinski definition) is 2. The van der Waals surface area contributed by atoms with Crippen LogP contribution in [0.4, 0.5) is 0 Å². The Morgan fingerprint density at radius 3 is 2.53 bits per heavy atom. The number of aromatic hydroxyl groups is 1. The van der Waals surface area contributed by atoms with Crippen molar-refractivity contribution >= 4 is 46.9 Å². The Balaban J connectivity index is 0.00000144. The molecule has 17 heavy (non-hydrogen) atoms. The maximum Gasteiger partial charge on any atom is 0.123 e. The largest absolute Gasteiger partial charge is 0.507 e. The lowest BCUT2D eigenvalue weighted by atomic mass is 10.0. The van der Waals surface area contributed by atoms with Gasteiger partial charge in [0.1, 0.15) is 5.75 Å². The number of thiophene rings is 1. The molecule has 1 aromatic heterocycles. The number of halogens is 3. The molecule has 3 N–H and O–H groups in total. The van der Waals surface area contributed by atoms with Gasteiger partial charge in [-0.3, -0.25) is 0 Å². The number of nitrogens with two attached hydrogens (primary N) is 1. The highest BCUT2D eigenvalue weighted by Crippen LogP contribution is 2.36. The first-order valence-electron chi connectivity index (χ1n) is 4.55. The van der Waals surface area contributed by atoms with E-state index in [4.69, 9.17) is 28.9 Å².